The van der Waals surface area contributed by atoms with Gasteiger partial charge in [0.2, 0.25) is 10.0 Å². The number of carboxylic acid groups (broad SMARTS) is 1. The Bertz CT molecular complexity index is 723. The summed E-state index contributed by atoms with van der Waals surface area (Å²) in [5.41, 5.74) is 2.35. The number of nitrogens with zero attached hydrogens (tertiary/aromatic N) is 2. The van der Waals surface area contributed by atoms with Crippen LogP contribution in [0.3, 0.4) is 0 Å². The number of thiazole rings is 1. The van der Waals surface area contributed by atoms with Gasteiger partial charge < -0.3 is 5.11 Å². The average molecular weight is 300 g/mol. The van der Waals surface area contributed by atoms with Gasteiger partial charge in [-0.3, -0.25) is 4.79 Å². The molecule has 0 fully saturated rings. The Labute approximate surface area is 114 Å². The van der Waals surface area contributed by atoms with Gasteiger partial charge in [0.1, 0.15) is 6.04 Å². The fraction of sp³-hybridized carbons (Fsp3) is 0.273. The van der Waals surface area contributed by atoms with Crippen molar-refractivity contribution >= 4 is 37.5 Å². The van der Waals surface area contributed by atoms with Gasteiger partial charge in [-0.25, -0.2) is 13.4 Å². The first-order valence-corrected chi connectivity index (χ1v) is 7.70. The Morgan fingerprint density at radius 3 is 2.79 bits per heavy atom. The number of sulfonamides is 1. The second kappa shape index (κ2) is 4.87. The number of benzene rings is 1. The van der Waals surface area contributed by atoms with Crippen molar-refractivity contribution in [1.82, 2.24) is 9.29 Å². The highest BCUT2D eigenvalue weighted by atomic mass is 32.2. The maximum Gasteiger partial charge on any atom is 0.321 e. The fourth-order valence-corrected chi connectivity index (χ4v) is 3.66. The summed E-state index contributed by atoms with van der Waals surface area (Å²) in [5, 5.41) is 8.89. The van der Waals surface area contributed by atoms with Gasteiger partial charge >= 0.3 is 5.97 Å². The van der Waals surface area contributed by atoms with Crippen LogP contribution in [0.2, 0.25) is 0 Å². The third kappa shape index (κ3) is 2.46. The summed E-state index contributed by atoms with van der Waals surface area (Å²) in [6.07, 6.45) is 0. The average Bonchev–Trinajstić information content (AvgIpc) is 2.83. The van der Waals surface area contributed by atoms with Gasteiger partial charge in [0.15, 0.2) is 0 Å². The van der Waals surface area contributed by atoms with Gasteiger partial charge in [-0.2, -0.15) is 4.31 Å². The smallest absolute Gasteiger partial charge is 0.321 e. The number of carboxylic acids is 1. The van der Waals surface area contributed by atoms with Crippen molar-refractivity contribution in [3.63, 3.8) is 0 Å². The first-order valence-electron chi connectivity index (χ1n) is 5.38. The SMILES string of the molecule is CC(C(=O)O)N(C)S(=O)(=O)c1ccc2ncsc2c1. The van der Waals surface area contributed by atoms with Gasteiger partial charge in [-0.05, 0) is 25.1 Å². The summed E-state index contributed by atoms with van der Waals surface area (Å²) in [4.78, 5) is 15.0. The summed E-state index contributed by atoms with van der Waals surface area (Å²) >= 11 is 1.33. The van der Waals surface area contributed by atoms with Crippen LogP contribution in [0.4, 0.5) is 0 Å². The molecule has 0 aliphatic heterocycles. The molecule has 19 heavy (non-hydrogen) atoms. The topological polar surface area (TPSA) is 87.6 Å². The minimum Gasteiger partial charge on any atom is -0.480 e. The molecule has 0 saturated heterocycles. The minimum absolute atomic E-state index is 0.0693. The molecule has 6 nitrogen and oxygen atoms in total. The Morgan fingerprint density at radius 1 is 1.47 bits per heavy atom. The molecule has 0 saturated carbocycles. The van der Waals surface area contributed by atoms with Crippen LogP contribution < -0.4 is 0 Å². The molecule has 0 amide bonds. The van der Waals surface area contributed by atoms with Crippen LogP contribution in [0.25, 0.3) is 10.2 Å². The second-order valence-corrected chi connectivity index (χ2v) is 6.90. The molecular weight excluding hydrogens is 288 g/mol. The normalized spacial score (nSPS) is 13.8. The van der Waals surface area contributed by atoms with Crippen LogP contribution in [-0.4, -0.2) is 41.9 Å². The number of aliphatic carboxylic acids is 1. The van der Waals surface area contributed by atoms with Gasteiger partial charge in [0.25, 0.3) is 0 Å². The molecule has 1 aromatic heterocycles. The van der Waals surface area contributed by atoms with Crippen molar-refractivity contribution in [2.75, 3.05) is 7.05 Å². The molecule has 0 bridgehead atoms. The number of hydrogen-bond acceptors (Lipinski definition) is 5. The van der Waals surface area contributed by atoms with E-state index >= 15 is 0 Å². The van der Waals surface area contributed by atoms with Crippen molar-refractivity contribution in [2.24, 2.45) is 0 Å². The van der Waals surface area contributed by atoms with Crippen molar-refractivity contribution < 1.29 is 18.3 Å². The van der Waals surface area contributed by atoms with Crippen LogP contribution in [0.1, 0.15) is 6.92 Å². The highest BCUT2D eigenvalue weighted by molar-refractivity contribution is 7.89. The quantitative estimate of drug-likeness (QED) is 0.922. The van der Waals surface area contributed by atoms with Gasteiger partial charge in [0.05, 0.1) is 20.6 Å². The maximum absolute atomic E-state index is 12.3. The molecule has 0 aliphatic carbocycles. The van der Waals surface area contributed by atoms with Crippen molar-refractivity contribution in [2.45, 2.75) is 17.9 Å². The summed E-state index contributed by atoms with van der Waals surface area (Å²) < 4.78 is 26.2. The summed E-state index contributed by atoms with van der Waals surface area (Å²) in [6.45, 7) is 1.32. The lowest BCUT2D eigenvalue weighted by atomic mass is 10.3. The van der Waals surface area contributed by atoms with Crippen molar-refractivity contribution in [3.8, 4) is 0 Å². The number of likely N-dealkylation sites (N-methyl/N-ethyl adjacent to an activating group) is 1. The van der Waals surface area contributed by atoms with E-state index < -0.39 is 22.0 Å². The first kappa shape index (κ1) is 13.9. The summed E-state index contributed by atoms with van der Waals surface area (Å²) in [6, 6.07) is 3.43. The lowest BCUT2D eigenvalue weighted by Crippen LogP contribution is -2.40. The molecule has 0 radical (unpaired) electrons. The van der Waals surface area contributed by atoms with Crippen LogP contribution in [0.5, 0.6) is 0 Å². The summed E-state index contributed by atoms with van der Waals surface area (Å²) in [7, 11) is -2.57. The number of rotatable bonds is 4. The predicted molar refractivity (Wildman–Crippen MR) is 71.7 cm³/mol. The van der Waals surface area contributed by atoms with E-state index in [1.54, 1.807) is 11.6 Å². The Kier molecular flexibility index (Phi) is 3.57. The van der Waals surface area contributed by atoms with Crippen molar-refractivity contribution in [1.29, 1.82) is 0 Å². The highest BCUT2D eigenvalue weighted by Crippen LogP contribution is 2.24. The van der Waals surface area contributed by atoms with Crippen LogP contribution >= 0.6 is 11.3 Å². The molecule has 1 atom stereocenters. The largest absolute Gasteiger partial charge is 0.480 e. The summed E-state index contributed by atoms with van der Waals surface area (Å²) in [5.74, 6) is -1.19. The zero-order valence-corrected chi connectivity index (χ0v) is 11.9. The molecule has 1 unspecified atom stereocenters. The Balaban J connectivity index is 2.46. The van der Waals surface area contributed by atoms with Gasteiger partial charge in [-0.1, -0.05) is 0 Å². The van der Waals surface area contributed by atoms with E-state index in [1.807, 2.05) is 0 Å². The van der Waals surface area contributed by atoms with E-state index in [0.29, 0.717) is 0 Å². The molecule has 1 aromatic carbocycles. The van der Waals surface area contributed by atoms with Crippen molar-refractivity contribution in [3.05, 3.63) is 23.7 Å². The number of carbonyl (C=O) groups is 1. The minimum atomic E-state index is -3.82. The van der Waals surface area contributed by atoms with Gasteiger partial charge in [0, 0.05) is 7.05 Å². The van der Waals surface area contributed by atoms with Crippen LogP contribution in [0, 0.1) is 0 Å². The zero-order valence-electron chi connectivity index (χ0n) is 10.3. The molecule has 102 valence electrons. The number of hydrogen-bond donors (Lipinski definition) is 1. The lowest BCUT2D eigenvalue weighted by Gasteiger charge is -2.20. The third-order valence-corrected chi connectivity index (χ3v) is 5.60. The van der Waals surface area contributed by atoms with E-state index in [1.165, 1.54) is 37.4 Å². The third-order valence-electron chi connectivity index (χ3n) is 2.88. The monoisotopic (exact) mass is 300 g/mol. The molecule has 0 aliphatic rings. The standard InChI is InChI=1S/C11H12N2O4S2/c1-7(11(14)15)13(2)19(16,17)8-3-4-9-10(5-8)18-6-12-9/h3-7H,1-2H3,(H,14,15). The fourth-order valence-electron chi connectivity index (χ4n) is 1.53. The molecule has 1 N–H and O–H groups in total. The molecule has 0 spiro atoms. The van der Waals surface area contributed by atoms with E-state index in [2.05, 4.69) is 4.98 Å². The molecule has 1 heterocycles. The second-order valence-electron chi connectivity index (χ2n) is 4.02. The van der Waals surface area contributed by atoms with E-state index in [-0.39, 0.29) is 4.90 Å². The zero-order chi connectivity index (χ0) is 14.2. The van der Waals surface area contributed by atoms with Gasteiger partial charge in [-0.15, -0.1) is 11.3 Å². The van der Waals surface area contributed by atoms with E-state index in [9.17, 15) is 13.2 Å². The van der Waals surface area contributed by atoms with Crippen LogP contribution in [0.15, 0.2) is 28.6 Å². The highest BCUT2D eigenvalue weighted by Gasteiger charge is 2.29. The first-order chi connectivity index (χ1) is 8.84. The Hall–Kier alpha value is -1.51. The van der Waals surface area contributed by atoms with Crippen LogP contribution in [-0.2, 0) is 14.8 Å². The van der Waals surface area contributed by atoms with E-state index in [4.69, 9.17) is 5.11 Å². The molecule has 8 heteroatoms. The molecule has 2 aromatic rings. The Morgan fingerprint density at radius 2 is 2.16 bits per heavy atom. The molecule has 2 rings (SSSR count). The number of fused-ring (bicyclic) bond motifs is 1. The molecular formula is C11H12N2O4S2. The van der Waals surface area contributed by atoms with E-state index in [0.717, 1.165) is 14.5 Å². The lowest BCUT2D eigenvalue weighted by molar-refractivity contribution is -0.140. The number of aromatic nitrogens is 1. The predicted octanol–water partition coefficient (Wildman–Crippen LogP) is 1.39. The maximum atomic E-state index is 12.3.